The van der Waals surface area contributed by atoms with E-state index >= 15 is 0 Å². The van der Waals surface area contributed by atoms with E-state index in [1.165, 1.54) is 31.9 Å². The highest BCUT2D eigenvalue weighted by molar-refractivity contribution is 7.89. The second-order valence-corrected chi connectivity index (χ2v) is 11.3. The molecule has 3 rings (SSSR count). The van der Waals surface area contributed by atoms with Crippen molar-refractivity contribution in [3.05, 3.63) is 12.4 Å². The van der Waals surface area contributed by atoms with Crippen molar-refractivity contribution in [2.24, 2.45) is 13.0 Å². The Morgan fingerprint density at radius 1 is 1.00 bits per heavy atom. The molecule has 2 fully saturated rings. The van der Waals surface area contributed by atoms with Crippen LogP contribution in [0.4, 0.5) is 0 Å². The second kappa shape index (κ2) is 8.09. The predicted molar refractivity (Wildman–Crippen MR) is 102 cm³/mol. The van der Waals surface area contributed by atoms with Gasteiger partial charge in [0.05, 0.1) is 12.5 Å². The number of sulfonamides is 2. The van der Waals surface area contributed by atoms with E-state index < -0.39 is 20.0 Å². The topological polar surface area (TPSA) is 113 Å². The van der Waals surface area contributed by atoms with Crippen molar-refractivity contribution in [1.29, 1.82) is 0 Å². The molecule has 0 aliphatic carbocycles. The second-order valence-electron chi connectivity index (χ2n) is 7.37. The van der Waals surface area contributed by atoms with Crippen LogP contribution in [0, 0.1) is 5.92 Å². The molecule has 158 valence electrons. The molecule has 0 atom stereocenters. The molecule has 2 aliphatic rings. The number of hydrogen-bond donors (Lipinski definition) is 0. The van der Waals surface area contributed by atoms with Crippen LogP contribution >= 0.6 is 0 Å². The zero-order chi connectivity index (χ0) is 20.5. The number of amides is 1. The minimum absolute atomic E-state index is 0.00576. The quantitative estimate of drug-likeness (QED) is 0.621. The van der Waals surface area contributed by atoms with Crippen LogP contribution in [0.25, 0.3) is 0 Å². The van der Waals surface area contributed by atoms with Gasteiger partial charge in [0.25, 0.3) is 0 Å². The molecule has 0 spiro atoms. The lowest BCUT2D eigenvalue weighted by molar-refractivity contribution is -0.136. The Kier molecular flexibility index (Phi) is 6.13. The number of rotatable bonds is 4. The summed E-state index contributed by atoms with van der Waals surface area (Å²) >= 11 is 0. The standard InChI is InChI=1S/C16H27N5O5S2/c1-18-13-15(12-17-18)28(25,26)21-7-3-6-19(10-11-21)16(22)14-4-8-20(9-5-14)27(2,23)24/h12-14H,3-11H2,1-2H3. The summed E-state index contributed by atoms with van der Waals surface area (Å²) in [5, 5.41) is 3.93. The number of piperidine rings is 1. The summed E-state index contributed by atoms with van der Waals surface area (Å²) in [4.78, 5) is 14.7. The van der Waals surface area contributed by atoms with Gasteiger partial charge in [0.15, 0.2) is 0 Å². The fourth-order valence-electron chi connectivity index (χ4n) is 3.73. The van der Waals surface area contributed by atoms with Gasteiger partial charge >= 0.3 is 0 Å². The van der Waals surface area contributed by atoms with Crippen molar-refractivity contribution >= 4 is 26.0 Å². The van der Waals surface area contributed by atoms with E-state index in [1.54, 1.807) is 11.9 Å². The zero-order valence-corrected chi connectivity index (χ0v) is 17.8. The van der Waals surface area contributed by atoms with Gasteiger partial charge in [-0.1, -0.05) is 0 Å². The van der Waals surface area contributed by atoms with Gasteiger partial charge in [-0.2, -0.15) is 9.40 Å². The van der Waals surface area contributed by atoms with Gasteiger partial charge in [-0.25, -0.2) is 21.1 Å². The molecule has 0 unspecified atom stereocenters. The average molecular weight is 434 g/mol. The number of hydrogen-bond acceptors (Lipinski definition) is 6. The molecule has 10 nitrogen and oxygen atoms in total. The number of carbonyl (C=O) groups is 1. The highest BCUT2D eigenvalue weighted by Gasteiger charge is 2.34. The van der Waals surface area contributed by atoms with Gasteiger partial charge in [0, 0.05) is 58.4 Å². The van der Waals surface area contributed by atoms with E-state index in [0.717, 1.165) is 0 Å². The molecule has 2 aliphatic heterocycles. The molecule has 0 bridgehead atoms. The van der Waals surface area contributed by atoms with Gasteiger partial charge < -0.3 is 4.90 Å². The van der Waals surface area contributed by atoms with Crippen LogP contribution < -0.4 is 0 Å². The van der Waals surface area contributed by atoms with Crippen molar-refractivity contribution < 1.29 is 21.6 Å². The molecular formula is C16H27N5O5S2. The van der Waals surface area contributed by atoms with Crippen LogP contribution in [0.1, 0.15) is 19.3 Å². The molecule has 0 saturated carbocycles. The summed E-state index contributed by atoms with van der Waals surface area (Å²) in [5.41, 5.74) is 0. The van der Waals surface area contributed by atoms with Gasteiger partial charge in [-0.05, 0) is 19.3 Å². The van der Waals surface area contributed by atoms with Crippen LogP contribution in [0.3, 0.4) is 0 Å². The number of aromatic nitrogens is 2. The minimum Gasteiger partial charge on any atom is -0.341 e. The van der Waals surface area contributed by atoms with Crippen LogP contribution in [0.15, 0.2) is 17.3 Å². The zero-order valence-electron chi connectivity index (χ0n) is 16.2. The molecule has 0 N–H and O–H groups in total. The summed E-state index contributed by atoms with van der Waals surface area (Å²) in [6.45, 7) is 2.14. The molecule has 1 aromatic rings. The van der Waals surface area contributed by atoms with Crippen molar-refractivity contribution in [1.82, 2.24) is 23.3 Å². The first kappa shape index (κ1) is 21.2. The average Bonchev–Trinajstić information content (AvgIpc) is 2.93. The fraction of sp³-hybridized carbons (Fsp3) is 0.750. The fourth-order valence-corrected chi connectivity index (χ4v) is 6.06. The summed E-state index contributed by atoms with van der Waals surface area (Å²) in [6, 6.07) is 0. The van der Waals surface area contributed by atoms with Crippen molar-refractivity contribution in [3.8, 4) is 0 Å². The van der Waals surface area contributed by atoms with E-state index in [0.29, 0.717) is 52.0 Å². The molecule has 0 aromatic carbocycles. The molecule has 2 saturated heterocycles. The van der Waals surface area contributed by atoms with Gasteiger partial charge in [0.2, 0.25) is 26.0 Å². The summed E-state index contributed by atoms with van der Waals surface area (Å²) in [6.07, 6.45) is 5.55. The lowest BCUT2D eigenvalue weighted by Gasteiger charge is -2.32. The Balaban J connectivity index is 1.60. The molecular weight excluding hydrogens is 406 g/mol. The van der Waals surface area contributed by atoms with Crippen LogP contribution in [-0.4, -0.2) is 91.6 Å². The van der Waals surface area contributed by atoms with E-state index in [-0.39, 0.29) is 23.3 Å². The summed E-state index contributed by atoms with van der Waals surface area (Å²) < 4.78 is 53.0. The van der Waals surface area contributed by atoms with Crippen molar-refractivity contribution in [3.63, 3.8) is 0 Å². The maximum atomic E-state index is 12.9. The lowest BCUT2D eigenvalue weighted by atomic mass is 9.96. The first-order valence-corrected chi connectivity index (χ1v) is 12.6. The van der Waals surface area contributed by atoms with Crippen LogP contribution in [-0.2, 0) is 31.9 Å². The summed E-state index contributed by atoms with van der Waals surface area (Å²) in [5.74, 6) is -0.215. The van der Waals surface area contributed by atoms with E-state index in [2.05, 4.69) is 5.10 Å². The third kappa shape index (κ3) is 4.56. The molecule has 1 amide bonds. The molecule has 28 heavy (non-hydrogen) atoms. The number of carbonyl (C=O) groups excluding carboxylic acids is 1. The summed E-state index contributed by atoms with van der Waals surface area (Å²) in [7, 11) is -5.19. The Morgan fingerprint density at radius 3 is 2.25 bits per heavy atom. The van der Waals surface area contributed by atoms with E-state index in [1.807, 2.05) is 0 Å². The first-order valence-electron chi connectivity index (χ1n) is 9.32. The first-order chi connectivity index (χ1) is 13.1. The SMILES string of the molecule is Cn1cc(S(=O)(=O)N2CCCN(C(=O)C3CCN(S(C)(=O)=O)CC3)CC2)cn1. The monoisotopic (exact) mass is 433 g/mol. The van der Waals surface area contributed by atoms with Crippen molar-refractivity contribution in [2.75, 3.05) is 45.5 Å². The van der Waals surface area contributed by atoms with E-state index in [4.69, 9.17) is 0 Å². The smallest absolute Gasteiger partial charge is 0.246 e. The number of nitrogens with zero attached hydrogens (tertiary/aromatic N) is 5. The minimum atomic E-state index is -3.62. The third-order valence-electron chi connectivity index (χ3n) is 5.36. The maximum Gasteiger partial charge on any atom is 0.246 e. The number of aryl methyl sites for hydroxylation is 1. The molecule has 3 heterocycles. The van der Waals surface area contributed by atoms with Gasteiger partial charge in [-0.3, -0.25) is 9.48 Å². The largest absolute Gasteiger partial charge is 0.341 e. The van der Waals surface area contributed by atoms with Crippen LogP contribution in [0.2, 0.25) is 0 Å². The van der Waals surface area contributed by atoms with E-state index in [9.17, 15) is 21.6 Å². The highest BCUT2D eigenvalue weighted by atomic mass is 32.2. The van der Waals surface area contributed by atoms with Gasteiger partial charge in [0.1, 0.15) is 4.90 Å². The molecule has 12 heteroatoms. The Hall–Kier alpha value is -1.50. The maximum absolute atomic E-state index is 12.9. The molecule has 0 radical (unpaired) electrons. The normalized spacial score (nSPS) is 21.6. The Labute approximate surface area is 166 Å². The molecule has 1 aromatic heterocycles. The Bertz CT molecular complexity index is 919. The van der Waals surface area contributed by atoms with Crippen LogP contribution in [0.5, 0.6) is 0 Å². The predicted octanol–water partition coefficient (Wildman–Crippen LogP) is -0.685. The van der Waals surface area contributed by atoms with Crippen molar-refractivity contribution in [2.45, 2.75) is 24.2 Å². The highest BCUT2D eigenvalue weighted by Crippen LogP contribution is 2.23. The Morgan fingerprint density at radius 2 is 1.68 bits per heavy atom. The third-order valence-corrected chi connectivity index (χ3v) is 8.51. The lowest BCUT2D eigenvalue weighted by Crippen LogP contribution is -2.45. The van der Waals surface area contributed by atoms with Gasteiger partial charge in [-0.15, -0.1) is 0 Å².